The Morgan fingerprint density at radius 3 is 2.64 bits per heavy atom. The molecule has 0 heterocycles. The van der Waals surface area contributed by atoms with E-state index in [1.807, 2.05) is 24.3 Å². The molecule has 1 saturated carbocycles. The molecule has 3 heteroatoms. The van der Waals surface area contributed by atoms with Crippen LogP contribution in [0.1, 0.15) is 41.9 Å². The van der Waals surface area contributed by atoms with Gasteiger partial charge in [0.05, 0.1) is 0 Å². The van der Waals surface area contributed by atoms with Crippen LogP contribution >= 0.6 is 0 Å². The molecule has 2 atom stereocenters. The number of hydrogen-bond acceptors (Lipinski definition) is 1. The number of nitrogen functional groups attached to an aromatic ring is 1. The van der Waals surface area contributed by atoms with Gasteiger partial charge < -0.3 is 5.73 Å². The van der Waals surface area contributed by atoms with Crippen LogP contribution in [-0.2, 0) is 6.42 Å². The summed E-state index contributed by atoms with van der Waals surface area (Å²) in [5.41, 5.74) is 9.95. The zero-order chi connectivity index (χ0) is 15.5. The molecule has 2 aromatic carbocycles. The first kappa shape index (κ1) is 14.9. The van der Waals surface area contributed by atoms with Crippen molar-refractivity contribution in [1.29, 1.82) is 5.41 Å². The molecule has 3 rings (SSSR count). The molecule has 0 aliphatic heterocycles. The Hall–Kier alpha value is -2.03. The molecule has 2 aromatic rings. The summed E-state index contributed by atoms with van der Waals surface area (Å²) in [5.74, 6) is 1.37. The van der Waals surface area contributed by atoms with Crippen LogP contribution in [0.25, 0.3) is 0 Å². The smallest absolute Gasteiger partial charge is 0.122 e. The van der Waals surface area contributed by atoms with Crippen LogP contribution in [0.5, 0.6) is 0 Å². The van der Waals surface area contributed by atoms with Crippen molar-refractivity contribution in [3.8, 4) is 0 Å². The molecule has 0 amide bonds. The monoisotopic (exact) mass is 288 g/mol. The summed E-state index contributed by atoms with van der Waals surface area (Å²) in [5, 5.41) is 7.62. The molecule has 0 spiro atoms. The first-order chi connectivity index (χ1) is 10.6. The lowest BCUT2D eigenvalue weighted by atomic mass is 9.83. The van der Waals surface area contributed by atoms with Crippen molar-refractivity contribution in [2.75, 3.05) is 0 Å². The largest absolute Gasteiger partial charge is 0.384 e. The van der Waals surface area contributed by atoms with Crippen molar-refractivity contribution < 1.29 is 0 Å². The van der Waals surface area contributed by atoms with E-state index in [9.17, 15) is 0 Å². The molecule has 3 N–H and O–H groups in total. The van der Waals surface area contributed by atoms with Crippen LogP contribution in [0.2, 0.25) is 0 Å². The highest BCUT2D eigenvalue weighted by molar-refractivity contribution is 6.32. The molecule has 2 unspecified atom stereocenters. The first-order valence-corrected chi connectivity index (χ1v) is 7.92. The first-order valence-electron chi connectivity index (χ1n) is 7.92. The average Bonchev–Trinajstić information content (AvgIpc) is 2.98. The van der Waals surface area contributed by atoms with E-state index in [1.54, 1.807) is 0 Å². The summed E-state index contributed by atoms with van der Waals surface area (Å²) in [6.07, 6.45) is 4.85. The minimum absolute atomic E-state index is 0.148. The standard InChI is InChI=1S/C19H21BN2/c20-17-9-7-13(8-10-17)11-14-4-2-6-18(14)15-3-1-5-16(12-15)19(21)22/h1,3,5,7-10,12,14,18H,2,4,6,11H2,(H3,21,22). The number of nitrogens with two attached hydrogens (primary N) is 1. The van der Waals surface area contributed by atoms with Crippen LogP contribution in [0.15, 0.2) is 48.5 Å². The van der Waals surface area contributed by atoms with Gasteiger partial charge in [-0.15, -0.1) is 0 Å². The highest BCUT2D eigenvalue weighted by Gasteiger charge is 2.28. The van der Waals surface area contributed by atoms with Gasteiger partial charge in [0.1, 0.15) is 13.7 Å². The van der Waals surface area contributed by atoms with Crippen molar-refractivity contribution in [2.45, 2.75) is 31.6 Å². The number of hydrogen-bond donors (Lipinski definition) is 2. The lowest BCUT2D eigenvalue weighted by Gasteiger charge is -2.21. The maximum absolute atomic E-state index is 7.62. The Bertz CT molecular complexity index is 663. The number of benzene rings is 2. The van der Waals surface area contributed by atoms with Gasteiger partial charge >= 0.3 is 0 Å². The van der Waals surface area contributed by atoms with Gasteiger partial charge in [-0.3, -0.25) is 5.41 Å². The van der Waals surface area contributed by atoms with Crippen molar-refractivity contribution in [3.05, 3.63) is 65.2 Å². The van der Waals surface area contributed by atoms with E-state index in [0.29, 0.717) is 11.8 Å². The van der Waals surface area contributed by atoms with E-state index < -0.39 is 0 Å². The van der Waals surface area contributed by atoms with Crippen LogP contribution in [-0.4, -0.2) is 13.7 Å². The molecule has 1 aliphatic rings. The molecule has 0 aromatic heterocycles. The zero-order valence-electron chi connectivity index (χ0n) is 12.8. The van der Waals surface area contributed by atoms with Gasteiger partial charge in [0.25, 0.3) is 0 Å². The van der Waals surface area contributed by atoms with E-state index >= 15 is 0 Å². The lowest BCUT2D eigenvalue weighted by Crippen LogP contribution is -2.14. The predicted octanol–water partition coefficient (Wildman–Crippen LogP) is 2.89. The van der Waals surface area contributed by atoms with Crippen LogP contribution in [0, 0.1) is 11.3 Å². The molecule has 0 bridgehead atoms. The van der Waals surface area contributed by atoms with Crippen molar-refractivity contribution in [3.63, 3.8) is 0 Å². The quantitative estimate of drug-likeness (QED) is 0.507. The van der Waals surface area contributed by atoms with Gasteiger partial charge in [0.2, 0.25) is 0 Å². The molecular formula is C19H21BN2. The second-order valence-corrected chi connectivity index (χ2v) is 6.28. The second kappa shape index (κ2) is 6.39. The topological polar surface area (TPSA) is 49.9 Å². The summed E-state index contributed by atoms with van der Waals surface area (Å²) in [4.78, 5) is 0. The molecule has 2 radical (unpaired) electrons. The summed E-state index contributed by atoms with van der Waals surface area (Å²) in [7, 11) is 5.77. The Labute approximate surface area is 133 Å². The van der Waals surface area contributed by atoms with Crippen molar-refractivity contribution in [1.82, 2.24) is 0 Å². The maximum Gasteiger partial charge on any atom is 0.122 e. The molecule has 0 saturated heterocycles. The lowest BCUT2D eigenvalue weighted by molar-refractivity contribution is 0.482. The Morgan fingerprint density at radius 2 is 1.91 bits per heavy atom. The van der Waals surface area contributed by atoms with Gasteiger partial charge in [-0.05, 0) is 48.3 Å². The minimum Gasteiger partial charge on any atom is -0.384 e. The molecule has 110 valence electrons. The number of rotatable bonds is 4. The van der Waals surface area contributed by atoms with Gasteiger partial charge in [-0.25, -0.2) is 0 Å². The molecule has 1 fully saturated rings. The Kier molecular flexibility index (Phi) is 4.33. The summed E-state index contributed by atoms with van der Waals surface area (Å²) < 4.78 is 0. The third-order valence-corrected chi connectivity index (χ3v) is 4.76. The average molecular weight is 288 g/mol. The maximum atomic E-state index is 7.62. The van der Waals surface area contributed by atoms with Crippen molar-refractivity contribution >= 4 is 19.1 Å². The van der Waals surface area contributed by atoms with Crippen LogP contribution in [0.4, 0.5) is 0 Å². The Balaban J connectivity index is 1.79. The highest BCUT2D eigenvalue weighted by atomic mass is 14.7. The summed E-state index contributed by atoms with van der Waals surface area (Å²) >= 11 is 0. The molecule has 22 heavy (non-hydrogen) atoms. The van der Waals surface area contributed by atoms with Crippen molar-refractivity contribution in [2.24, 2.45) is 11.7 Å². The molecule has 2 nitrogen and oxygen atoms in total. The number of amidine groups is 1. The van der Waals surface area contributed by atoms with E-state index in [1.165, 1.54) is 30.4 Å². The van der Waals surface area contributed by atoms with Gasteiger partial charge in [0, 0.05) is 5.56 Å². The van der Waals surface area contributed by atoms with E-state index in [2.05, 4.69) is 24.3 Å². The summed E-state index contributed by atoms with van der Waals surface area (Å²) in [6.45, 7) is 0. The van der Waals surface area contributed by atoms with Gasteiger partial charge in [0.15, 0.2) is 0 Å². The second-order valence-electron chi connectivity index (χ2n) is 6.28. The van der Waals surface area contributed by atoms with E-state index in [4.69, 9.17) is 19.0 Å². The SMILES string of the molecule is [B]c1ccc(CC2CCCC2c2cccc(C(=N)N)c2)cc1. The Morgan fingerprint density at radius 1 is 1.14 bits per heavy atom. The highest BCUT2D eigenvalue weighted by Crippen LogP contribution is 2.41. The van der Waals surface area contributed by atoms with Gasteiger partial charge in [-0.2, -0.15) is 0 Å². The fourth-order valence-corrected chi connectivity index (χ4v) is 3.61. The minimum atomic E-state index is 0.148. The van der Waals surface area contributed by atoms with Gasteiger partial charge in [-0.1, -0.05) is 54.3 Å². The third kappa shape index (κ3) is 3.24. The van der Waals surface area contributed by atoms with Crippen LogP contribution in [0.3, 0.4) is 0 Å². The predicted molar refractivity (Wildman–Crippen MR) is 93.1 cm³/mol. The number of nitrogens with one attached hydrogen (secondary N) is 1. The molecular weight excluding hydrogens is 267 g/mol. The summed E-state index contributed by atoms with van der Waals surface area (Å²) in [6, 6.07) is 16.4. The fraction of sp³-hybridized carbons (Fsp3) is 0.316. The fourth-order valence-electron chi connectivity index (χ4n) is 3.61. The van der Waals surface area contributed by atoms with E-state index in [0.717, 1.165) is 17.4 Å². The van der Waals surface area contributed by atoms with Crippen LogP contribution < -0.4 is 11.2 Å². The third-order valence-electron chi connectivity index (χ3n) is 4.76. The zero-order valence-corrected chi connectivity index (χ0v) is 12.8. The van der Waals surface area contributed by atoms with E-state index in [-0.39, 0.29) is 5.84 Å². The normalized spacial score (nSPS) is 20.9. The molecule has 1 aliphatic carbocycles.